The van der Waals surface area contributed by atoms with Gasteiger partial charge in [0.2, 0.25) is 5.91 Å². The standard InChI is InChI=1S/C13H15N3OS/c1-2-9-4-3-5-10-12(9)15-13(18-10)16-7-6-14-11(17)8-16/h3-5H,2,6-8H2,1H3,(H,14,17). The third-order valence-electron chi connectivity index (χ3n) is 3.18. The van der Waals surface area contributed by atoms with Crippen LogP contribution in [0, 0.1) is 0 Å². The first-order valence-corrected chi connectivity index (χ1v) is 6.99. The van der Waals surface area contributed by atoms with Crippen molar-refractivity contribution in [2.75, 3.05) is 24.5 Å². The van der Waals surface area contributed by atoms with Crippen LogP contribution < -0.4 is 10.2 Å². The molecule has 1 amide bonds. The number of aryl methyl sites for hydroxylation is 1. The van der Waals surface area contributed by atoms with E-state index in [9.17, 15) is 4.79 Å². The van der Waals surface area contributed by atoms with Crippen molar-refractivity contribution in [3.63, 3.8) is 0 Å². The number of carbonyl (C=O) groups excluding carboxylic acids is 1. The summed E-state index contributed by atoms with van der Waals surface area (Å²) in [5.74, 6) is 0.0798. The molecular formula is C13H15N3OS. The summed E-state index contributed by atoms with van der Waals surface area (Å²) < 4.78 is 1.20. The highest BCUT2D eigenvalue weighted by molar-refractivity contribution is 7.22. The lowest BCUT2D eigenvalue weighted by atomic mass is 10.1. The maximum atomic E-state index is 11.4. The maximum Gasteiger partial charge on any atom is 0.239 e. The normalized spacial score (nSPS) is 16.1. The summed E-state index contributed by atoms with van der Waals surface area (Å²) in [5.41, 5.74) is 2.36. The molecule has 0 unspecified atom stereocenters. The van der Waals surface area contributed by atoms with Crippen LogP contribution >= 0.6 is 11.3 Å². The second-order valence-electron chi connectivity index (χ2n) is 4.39. The maximum absolute atomic E-state index is 11.4. The Balaban J connectivity index is 2.00. The second kappa shape index (κ2) is 4.57. The van der Waals surface area contributed by atoms with Crippen molar-refractivity contribution in [3.05, 3.63) is 23.8 Å². The van der Waals surface area contributed by atoms with Crippen LogP contribution in [0.1, 0.15) is 12.5 Å². The van der Waals surface area contributed by atoms with Gasteiger partial charge in [0.15, 0.2) is 5.13 Å². The SMILES string of the molecule is CCc1cccc2sc(N3CCNC(=O)C3)nc12. The van der Waals surface area contributed by atoms with Crippen LogP contribution in [0.4, 0.5) is 5.13 Å². The molecule has 1 N–H and O–H groups in total. The molecule has 3 rings (SSSR count). The van der Waals surface area contributed by atoms with E-state index in [0.29, 0.717) is 13.1 Å². The van der Waals surface area contributed by atoms with Gasteiger partial charge in [0.1, 0.15) is 0 Å². The van der Waals surface area contributed by atoms with E-state index in [4.69, 9.17) is 4.98 Å². The molecule has 1 fully saturated rings. The fourth-order valence-corrected chi connectivity index (χ4v) is 3.25. The first kappa shape index (κ1) is 11.5. The summed E-state index contributed by atoms with van der Waals surface area (Å²) in [4.78, 5) is 18.2. The minimum atomic E-state index is 0.0798. The summed E-state index contributed by atoms with van der Waals surface area (Å²) in [6.45, 7) is 4.10. The monoisotopic (exact) mass is 261 g/mol. The molecule has 0 aliphatic carbocycles. The average Bonchev–Trinajstić information content (AvgIpc) is 2.82. The Morgan fingerprint density at radius 2 is 2.39 bits per heavy atom. The predicted molar refractivity (Wildman–Crippen MR) is 74.2 cm³/mol. The summed E-state index contributed by atoms with van der Waals surface area (Å²) in [7, 11) is 0. The second-order valence-corrected chi connectivity index (χ2v) is 5.39. The topological polar surface area (TPSA) is 45.2 Å². The van der Waals surface area contributed by atoms with Gasteiger partial charge in [-0.15, -0.1) is 0 Å². The molecule has 94 valence electrons. The molecule has 0 bridgehead atoms. The Bertz CT molecular complexity index is 593. The van der Waals surface area contributed by atoms with Crippen molar-refractivity contribution in [3.8, 4) is 0 Å². The van der Waals surface area contributed by atoms with Crippen LogP contribution in [-0.2, 0) is 11.2 Å². The van der Waals surface area contributed by atoms with Gasteiger partial charge in [0.05, 0.1) is 16.8 Å². The van der Waals surface area contributed by atoms with Crippen molar-refractivity contribution in [1.82, 2.24) is 10.3 Å². The molecule has 0 radical (unpaired) electrons. The Morgan fingerprint density at radius 3 is 3.17 bits per heavy atom. The van der Waals surface area contributed by atoms with E-state index < -0.39 is 0 Å². The highest BCUT2D eigenvalue weighted by Crippen LogP contribution is 2.31. The minimum absolute atomic E-state index is 0.0798. The van der Waals surface area contributed by atoms with Crippen LogP contribution in [-0.4, -0.2) is 30.5 Å². The van der Waals surface area contributed by atoms with Gasteiger partial charge in [-0.05, 0) is 18.1 Å². The number of fused-ring (bicyclic) bond motifs is 1. The molecule has 0 saturated carbocycles. The van der Waals surface area contributed by atoms with Crippen molar-refractivity contribution in [1.29, 1.82) is 0 Å². The van der Waals surface area contributed by atoms with Crippen LogP contribution in [0.15, 0.2) is 18.2 Å². The van der Waals surface area contributed by atoms with E-state index in [1.807, 2.05) is 0 Å². The number of hydrogen-bond donors (Lipinski definition) is 1. The Kier molecular flexibility index (Phi) is 2.91. The summed E-state index contributed by atoms with van der Waals surface area (Å²) in [6, 6.07) is 6.29. The first-order valence-electron chi connectivity index (χ1n) is 6.18. The molecule has 4 nitrogen and oxygen atoms in total. The number of amides is 1. The number of para-hydroxylation sites is 1. The van der Waals surface area contributed by atoms with Crippen LogP contribution in [0.25, 0.3) is 10.2 Å². The number of nitrogens with zero attached hydrogens (tertiary/aromatic N) is 2. The zero-order valence-corrected chi connectivity index (χ0v) is 11.1. The first-order chi connectivity index (χ1) is 8.78. The third-order valence-corrected chi connectivity index (χ3v) is 4.26. The van der Waals surface area contributed by atoms with E-state index >= 15 is 0 Å². The molecular weight excluding hydrogens is 246 g/mol. The Hall–Kier alpha value is -1.62. The number of aromatic nitrogens is 1. The van der Waals surface area contributed by atoms with Crippen LogP contribution in [0.5, 0.6) is 0 Å². The third kappa shape index (κ3) is 1.95. The van der Waals surface area contributed by atoms with Crippen LogP contribution in [0.2, 0.25) is 0 Å². The van der Waals surface area contributed by atoms with E-state index in [1.165, 1.54) is 10.3 Å². The van der Waals surface area contributed by atoms with E-state index in [2.05, 4.69) is 35.3 Å². The highest BCUT2D eigenvalue weighted by Gasteiger charge is 2.19. The van der Waals surface area contributed by atoms with Gasteiger partial charge in [-0.2, -0.15) is 0 Å². The van der Waals surface area contributed by atoms with Gasteiger partial charge in [0.25, 0.3) is 0 Å². The lowest BCUT2D eigenvalue weighted by molar-refractivity contribution is -0.120. The molecule has 5 heteroatoms. The molecule has 18 heavy (non-hydrogen) atoms. The van der Waals surface area contributed by atoms with Gasteiger partial charge in [0, 0.05) is 13.1 Å². The van der Waals surface area contributed by atoms with Crippen molar-refractivity contribution in [2.45, 2.75) is 13.3 Å². The molecule has 0 spiro atoms. The lowest BCUT2D eigenvalue weighted by Crippen LogP contribution is -2.47. The highest BCUT2D eigenvalue weighted by atomic mass is 32.1. The molecule has 2 heterocycles. The van der Waals surface area contributed by atoms with Gasteiger partial charge in [-0.25, -0.2) is 4.98 Å². The van der Waals surface area contributed by atoms with E-state index in [0.717, 1.165) is 23.6 Å². The van der Waals surface area contributed by atoms with Gasteiger partial charge in [-0.3, -0.25) is 4.79 Å². The number of piperazine rings is 1. The number of benzene rings is 1. The quantitative estimate of drug-likeness (QED) is 0.896. The van der Waals surface area contributed by atoms with Crippen molar-refractivity contribution < 1.29 is 4.79 Å². The van der Waals surface area contributed by atoms with E-state index in [1.54, 1.807) is 11.3 Å². The smallest absolute Gasteiger partial charge is 0.239 e. The number of anilines is 1. The summed E-state index contributed by atoms with van der Waals surface area (Å²) in [5, 5.41) is 3.79. The predicted octanol–water partition coefficient (Wildman–Crippen LogP) is 1.79. The Labute approximate surface area is 110 Å². The zero-order valence-electron chi connectivity index (χ0n) is 10.3. The number of thiazole rings is 1. The largest absolute Gasteiger partial charge is 0.353 e. The summed E-state index contributed by atoms with van der Waals surface area (Å²) in [6.07, 6.45) is 0.987. The zero-order chi connectivity index (χ0) is 12.5. The van der Waals surface area contributed by atoms with Crippen LogP contribution in [0.3, 0.4) is 0 Å². The van der Waals surface area contributed by atoms with Gasteiger partial charge >= 0.3 is 0 Å². The van der Waals surface area contributed by atoms with Crippen molar-refractivity contribution >= 4 is 32.6 Å². The average molecular weight is 261 g/mol. The number of rotatable bonds is 2. The number of carbonyl (C=O) groups is 1. The van der Waals surface area contributed by atoms with E-state index in [-0.39, 0.29) is 5.91 Å². The summed E-state index contributed by atoms with van der Waals surface area (Å²) >= 11 is 1.67. The molecule has 1 saturated heterocycles. The van der Waals surface area contributed by atoms with Gasteiger partial charge in [-0.1, -0.05) is 30.4 Å². The van der Waals surface area contributed by atoms with Gasteiger partial charge < -0.3 is 10.2 Å². The molecule has 1 aliphatic rings. The molecule has 0 atom stereocenters. The lowest BCUT2D eigenvalue weighted by Gasteiger charge is -2.25. The fraction of sp³-hybridized carbons (Fsp3) is 0.385. The number of nitrogens with one attached hydrogen (secondary N) is 1. The van der Waals surface area contributed by atoms with Crippen molar-refractivity contribution in [2.24, 2.45) is 0 Å². The number of hydrogen-bond acceptors (Lipinski definition) is 4. The Morgan fingerprint density at radius 1 is 1.50 bits per heavy atom. The minimum Gasteiger partial charge on any atom is -0.353 e. The molecule has 1 aromatic heterocycles. The fourth-order valence-electron chi connectivity index (χ4n) is 2.22. The molecule has 2 aromatic rings. The molecule has 1 aromatic carbocycles. The molecule has 1 aliphatic heterocycles.